The molecule has 1 aromatic heterocycles. The highest BCUT2D eigenvalue weighted by Gasteiger charge is 2.33. The summed E-state index contributed by atoms with van der Waals surface area (Å²) in [6.07, 6.45) is 11.4. The number of anilines is 1. The van der Waals surface area contributed by atoms with E-state index in [1.54, 1.807) is 0 Å². The first-order chi connectivity index (χ1) is 17.0. The van der Waals surface area contributed by atoms with Crippen LogP contribution in [0.25, 0.3) is 11.0 Å². The fraction of sp³-hybridized carbons (Fsp3) is 0.667. The Hall–Kier alpha value is -2.61. The van der Waals surface area contributed by atoms with Crippen LogP contribution < -0.4 is 4.90 Å². The lowest BCUT2D eigenvalue weighted by Crippen LogP contribution is -2.42. The van der Waals surface area contributed by atoms with Crippen LogP contribution in [0.4, 0.5) is 10.5 Å². The molecule has 1 saturated heterocycles. The van der Waals surface area contributed by atoms with Crippen molar-refractivity contribution >= 4 is 29.3 Å². The van der Waals surface area contributed by atoms with Crippen LogP contribution in [0.3, 0.4) is 0 Å². The highest BCUT2D eigenvalue weighted by atomic mass is 16.5. The number of carbonyl (C=O) groups is 2. The molecule has 4 atom stereocenters. The Morgan fingerprint density at radius 1 is 1.23 bits per heavy atom. The molecule has 2 fully saturated rings. The Kier molecular flexibility index (Phi) is 8.31. The van der Waals surface area contributed by atoms with Crippen LogP contribution in [0.1, 0.15) is 82.6 Å². The number of fused-ring (bicyclic) bond motifs is 3. The van der Waals surface area contributed by atoms with Crippen LogP contribution in [0.5, 0.6) is 0 Å². The Morgan fingerprint density at radius 2 is 2.03 bits per heavy atom. The van der Waals surface area contributed by atoms with E-state index in [-0.39, 0.29) is 18.6 Å². The van der Waals surface area contributed by atoms with E-state index in [0.717, 1.165) is 49.4 Å². The molecular weight excluding hydrogens is 446 g/mol. The van der Waals surface area contributed by atoms with Gasteiger partial charge in [-0.2, -0.15) is 0 Å². The van der Waals surface area contributed by atoms with Crippen molar-refractivity contribution in [2.75, 3.05) is 18.6 Å². The monoisotopic (exact) mass is 485 g/mol. The van der Waals surface area contributed by atoms with Gasteiger partial charge in [0.2, 0.25) is 0 Å². The van der Waals surface area contributed by atoms with Gasteiger partial charge in [0.05, 0.1) is 29.9 Å². The summed E-state index contributed by atoms with van der Waals surface area (Å²) in [5.41, 5.74) is 4.50. The number of rotatable bonds is 4. The number of hydrogen-bond acceptors (Lipinski definition) is 5. The Balaban J connectivity index is 0.000000917. The highest BCUT2D eigenvalue weighted by molar-refractivity contribution is 5.95. The quantitative estimate of drug-likeness (QED) is 0.574. The smallest absolute Gasteiger partial charge is 0.414 e. The molecule has 2 aliphatic heterocycles. The summed E-state index contributed by atoms with van der Waals surface area (Å²) in [5, 5.41) is 6.89. The molecule has 4 unspecified atom stereocenters. The SMILES string of the molecule is COC(=O)N1c2ccc3c(nc(CCC4CCCO4)n3C3CCCC(C)C3)c2CCC1C.O=CO. The zero-order chi connectivity index (χ0) is 24.9. The van der Waals surface area contributed by atoms with Gasteiger partial charge in [0, 0.05) is 30.7 Å². The lowest BCUT2D eigenvalue weighted by molar-refractivity contribution is -0.122. The zero-order valence-electron chi connectivity index (χ0n) is 21.2. The van der Waals surface area contributed by atoms with Gasteiger partial charge < -0.3 is 19.1 Å². The second-order valence-corrected chi connectivity index (χ2v) is 10.3. The van der Waals surface area contributed by atoms with Crippen LogP contribution in [0, 0.1) is 5.92 Å². The average Bonchev–Trinajstić information content (AvgIpc) is 3.50. The molecule has 5 rings (SSSR count). The molecule has 0 bridgehead atoms. The minimum atomic E-state index is -0.281. The van der Waals surface area contributed by atoms with Gasteiger partial charge in [-0.3, -0.25) is 9.69 Å². The molecule has 192 valence electrons. The van der Waals surface area contributed by atoms with E-state index in [2.05, 4.69) is 30.5 Å². The van der Waals surface area contributed by atoms with Crippen LogP contribution in [-0.2, 0) is 27.1 Å². The molecule has 2 aromatic rings. The fourth-order valence-electron chi connectivity index (χ4n) is 6.21. The summed E-state index contributed by atoms with van der Waals surface area (Å²) < 4.78 is 13.6. The second-order valence-electron chi connectivity index (χ2n) is 10.3. The third-order valence-electron chi connectivity index (χ3n) is 7.89. The zero-order valence-corrected chi connectivity index (χ0v) is 21.2. The van der Waals surface area contributed by atoms with Crippen molar-refractivity contribution in [3.05, 3.63) is 23.5 Å². The van der Waals surface area contributed by atoms with Crippen molar-refractivity contribution in [2.24, 2.45) is 5.92 Å². The molecule has 1 saturated carbocycles. The van der Waals surface area contributed by atoms with Gasteiger partial charge in [-0.1, -0.05) is 19.8 Å². The lowest BCUT2D eigenvalue weighted by Gasteiger charge is -2.34. The number of methoxy groups -OCH3 is 1. The molecular formula is C27H39N3O5. The maximum absolute atomic E-state index is 12.5. The minimum absolute atomic E-state index is 0.132. The van der Waals surface area contributed by atoms with Gasteiger partial charge in [0.25, 0.3) is 6.47 Å². The Labute approximate surface area is 207 Å². The van der Waals surface area contributed by atoms with Gasteiger partial charge in [-0.25, -0.2) is 9.78 Å². The van der Waals surface area contributed by atoms with Crippen molar-refractivity contribution in [3.8, 4) is 0 Å². The van der Waals surface area contributed by atoms with Gasteiger partial charge in [-0.15, -0.1) is 0 Å². The normalized spacial score (nSPS) is 26.1. The standard InChI is InChI=1S/C26H37N3O3.CH2O2/c1-17-6-4-7-19(16-17)29-23-13-12-22-21(11-9-18(2)28(22)26(30)31-3)25(23)27-24(29)14-10-20-8-5-15-32-20;2-1-3/h12-13,17-20H,4-11,14-16H2,1-3H3;1H,(H,2,3). The van der Waals surface area contributed by atoms with E-state index in [1.807, 2.05) is 4.90 Å². The van der Waals surface area contributed by atoms with Crippen molar-refractivity contribution in [1.82, 2.24) is 9.55 Å². The van der Waals surface area contributed by atoms with Crippen molar-refractivity contribution < 1.29 is 24.2 Å². The van der Waals surface area contributed by atoms with E-state index in [9.17, 15) is 4.79 Å². The molecule has 3 heterocycles. The van der Waals surface area contributed by atoms with Crippen LogP contribution in [0.2, 0.25) is 0 Å². The summed E-state index contributed by atoms with van der Waals surface area (Å²) in [5.74, 6) is 1.96. The van der Waals surface area contributed by atoms with Crippen molar-refractivity contribution in [1.29, 1.82) is 0 Å². The molecule has 35 heavy (non-hydrogen) atoms. The van der Waals surface area contributed by atoms with Crippen LogP contribution >= 0.6 is 0 Å². The second kappa shape index (κ2) is 11.4. The first-order valence-electron chi connectivity index (χ1n) is 13.1. The molecule has 1 amide bonds. The number of benzene rings is 1. The molecule has 1 aliphatic carbocycles. The molecule has 0 radical (unpaired) electrons. The van der Waals surface area contributed by atoms with Crippen LogP contribution in [-0.4, -0.2) is 53.1 Å². The highest BCUT2D eigenvalue weighted by Crippen LogP contribution is 2.40. The Morgan fingerprint density at radius 3 is 2.71 bits per heavy atom. The topological polar surface area (TPSA) is 93.9 Å². The van der Waals surface area contributed by atoms with E-state index in [4.69, 9.17) is 24.4 Å². The summed E-state index contributed by atoms with van der Waals surface area (Å²) in [6.45, 7) is 5.13. The number of aryl methyl sites for hydroxylation is 2. The summed E-state index contributed by atoms with van der Waals surface area (Å²) in [7, 11) is 1.46. The number of ether oxygens (including phenoxy) is 2. The summed E-state index contributed by atoms with van der Waals surface area (Å²) >= 11 is 0. The lowest BCUT2D eigenvalue weighted by atomic mass is 9.86. The number of hydrogen-bond donors (Lipinski definition) is 1. The maximum Gasteiger partial charge on any atom is 0.414 e. The minimum Gasteiger partial charge on any atom is -0.483 e. The molecule has 8 nitrogen and oxygen atoms in total. The van der Waals surface area contributed by atoms with E-state index in [1.165, 1.54) is 62.5 Å². The third-order valence-corrected chi connectivity index (χ3v) is 7.89. The molecule has 1 N–H and O–H groups in total. The largest absolute Gasteiger partial charge is 0.483 e. The number of carbonyl (C=O) groups excluding carboxylic acids is 1. The van der Waals surface area contributed by atoms with E-state index in [0.29, 0.717) is 12.1 Å². The molecule has 3 aliphatic rings. The molecule has 8 heteroatoms. The van der Waals surface area contributed by atoms with Crippen molar-refractivity contribution in [2.45, 2.75) is 96.2 Å². The Bertz CT molecular complexity index is 1030. The maximum atomic E-state index is 12.5. The van der Waals surface area contributed by atoms with E-state index < -0.39 is 0 Å². The number of amides is 1. The summed E-state index contributed by atoms with van der Waals surface area (Å²) in [4.78, 5) is 28.0. The fourth-order valence-corrected chi connectivity index (χ4v) is 6.21. The predicted molar refractivity (Wildman–Crippen MR) is 135 cm³/mol. The van der Waals surface area contributed by atoms with Crippen molar-refractivity contribution in [3.63, 3.8) is 0 Å². The average molecular weight is 486 g/mol. The molecule has 1 aromatic carbocycles. The molecule has 0 spiro atoms. The third kappa shape index (κ3) is 5.32. The summed E-state index contributed by atoms with van der Waals surface area (Å²) in [6, 6.07) is 4.97. The van der Waals surface area contributed by atoms with Gasteiger partial charge in [-0.05, 0) is 69.9 Å². The predicted octanol–water partition coefficient (Wildman–Crippen LogP) is 5.51. The van der Waals surface area contributed by atoms with Gasteiger partial charge >= 0.3 is 6.09 Å². The van der Waals surface area contributed by atoms with Gasteiger partial charge in [0.15, 0.2) is 0 Å². The van der Waals surface area contributed by atoms with E-state index >= 15 is 0 Å². The number of carboxylic acid groups (broad SMARTS) is 1. The number of aromatic nitrogens is 2. The van der Waals surface area contributed by atoms with Gasteiger partial charge in [0.1, 0.15) is 5.82 Å². The number of imidazole rings is 1. The first kappa shape index (κ1) is 25.5. The first-order valence-corrected chi connectivity index (χ1v) is 13.1. The number of nitrogens with zero attached hydrogens (tertiary/aromatic N) is 3. The van der Waals surface area contributed by atoms with Crippen LogP contribution in [0.15, 0.2) is 12.1 Å².